The molecular weight excluding hydrogens is 246 g/mol. The molecule has 2 rings (SSSR count). The SMILES string of the molecule is CN(CC1(N(C)C)CCC1)c1cnccc1CCl. The van der Waals surface area contributed by atoms with Crippen LogP contribution < -0.4 is 4.90 Å². The van der Waals surface area contributed by atoms with Crippen molar-refractivity contribution in [1.29, 1.82) is 0 Å². The maximum absolute atomic E-state index is 5.99. The quantitative estimate of drug-likeness (QED) is 0.765. The van der Waals surface area contributed by atoms with Crippen molar-refractivity contribution in [3.63, 3.8) is 0 Å². The van der Waals surface area contributed by atoms with E-state index in [0.29, 0.717) is 11.4 Å². The van der Waals surface area contributed by atoms with Crippen LogP contribution in [-0.4, -0.2) is 43.1 Å². The van der Waals surface area contributed by atoms with E-state index in [1.54, 1.807) is 6.20 Å². The Morgan fingerprint density at radius 3 is 2.56 bits per heavy atom. The van der Waals surface area contributed by atoms with Gasteiger partial charge in [0.15, 0.2) is 0 Å². The van der Waals surface area contributed by atoms with E-state index in [-0.39, 0.29) is 0 Å². The van der Waals surface area contributed by atoms with E-state index < -0.39 is 0 Å². The van der Waals surface area contributed by atoms with Crippen LogP contribution >= 0.6 is 11.6 Å². The number of aromatic nitrogens is 1. The molecule has 1 aromatic rings. The second-order valence-corrected chi connectivity index (χ2v) is 5.73. The lowest BCUT2D eigenvalue weighted by atomic mass is 9.75. The number of pyridine rings is 1. The molecule has 0 saturated heterocycles. The van der Waals surface area contributed by atoms with E-state index in [0.717, 1.165) is 17.8 Å². The van der Waals surface area contributed by atoms with Crippen LogP contribution in [0, 0.1) is 0 Å². The summed E-state index contributed by atoms with van der Waals surface area (Å²) in [6.07, 6.45) is 7.61. The van der Waals surface area contributed by atoms with Gasteiger partial charge in [0, 0.05) is 31.2 Å². The van der Waals surface area contributed by atoms with E-state index in [4.69, 9.17) is 11.6 Å². The number of anilines is 1. The monoisotopic (exact) mass is 267 g/mol. The Bertz CT molecular complexity index is 402. The Morgan fingerprint density at radius 2 is 2.06 bits per heavy atom. The highest BCUT2D eigenvalue weighted by Crippen LogP contribution is 2.37. The predicted octanol–water partition coefficient (Wildman–Crippen LogP) is 2.74. The number of hydrogen-bond acceptors (Lipinski definition) is 3. The average molecular weight is 268 g/mol. The molecular formula is C14H22ClN3. The lowest BCUT2D eigenvalue weighted by Gasteiger charge is -2.49. The van der Waals surface area contributed by atoms with Crippen molar-refractivity contribution in [3.05, 3.63) is 24.0 Å². The zero-order chi connectivity index (χ0) is 13.2. The first kappa shape index (κ1) is 13.6. The molecule has 1 aliphatic carbocycles. The van der Waals surface area contributed by atoms with Crippen LogP contribution in [0.4, 0.5) is 5.69 Å². The largest absolute Gasteiger partial charge is 0.371 e. The predicted molar refractivity (Wildman–Crippen MR) is 77.3 cm³/mol. The Kier molecular flexibility index (Phi) is 4.13. The molecule has 3 nitrogen and oxygen atoms in total. The molecule has 0 atom stereocenters. The number of likely N-dealkylation sites (N-methyl/N-ethyl adjacent to an activating group) is 2. The summed E-state index contributed by atoms with van der Waals surface area (Å²) in [5.41, 5.74) is 2.64. The van der Waals surface area contributed by atoms with Gasteiger partial charge in [0.1, 0.15) is 0 Å². The maximum atomic E-state index is 5.99. The molecule has 1 fully saturated rings. The van der Waals surface area contributed by atoms with Gasteiger partial charge < -0.3 is 9.80 Å². The van der Waals surface area contributed by atoms with Gasteiger partial charge in [-0.1, -0.05) is 0 Å². The van der Waals surface area contributed by atoms with Crippen LogP contribution in [0.3, 0.4) is 0 Å². The van der Waals surface area contributed by atoms with Crippen LogP contribution in [0.15, 0.2) is 18.5 Å². The molecule has 0 aromatic carbocycles. The van der Waals surface area contributed by atoms with Crippen LogP contribution in [-0.2, 0) is 5.88 Å². The Hall–Kier alpha value is -0.800. The fourth-order valence-electron chi connectivity index (χ4n) is 2.73. The third-order valence-electron chi connectivity index (χ3n) is 4.21. The molecule has 1 heterocycles. The summed E-state index contributed by atoms with van der Waals surface area (Å²) in [5, 5.41) is 0. The van der Waals surface area contributed by atoms with E-state index in [1.165, 1.54) is 19.3 Å². The fraction of sp³-hybridized carbons (Fsp3) is 0.643. The van der Waals surface area contributed by atoms with Gasteiger partial charge in [0.2, 0.25) is 0 Å². The number of alkyl halides is 1. The van der Waals surface area contributed by atoms with Crippen molar-refractivity contribution in [2.45, 2.75) is 30.7 Å². The maximum Gasteiger partial charge on any atom is 0.0595 e. The molecule has 1 aromatic heterocycles. The van der Waals surface area contributed by atoms with Crippen molar-refractivity contribution < 1.29 is 0 Å². The minimum Gasteiger partial charge on any atom is -0.371 e. The summed E-state index contributed by atoms with van der Waals surface area (Å²) in [6, 6.07) is 2.00. The van der Waals surface area contributed by atoms with Crippen molar-refractivity contribution in [2.75, 3.05) is 32.6 Å². The number of hydrogen-bond donors (Lipinski definition) is 0. The van der Waals surface area contributed by atoms with Crippen molar-refractivity contribution >= 4 is 17.3 Å². The summed E-state index contributed by atoms with van der Waals surface area (Å²) >= 11 is 5.99. The van der Waals surface area contributed by atoms with Crippen molar-refractivity contribution in [1.82, 2.24) is 9.88 Å². The van der Waals surface area contributed by atoms with Gasteiger partial charge >= 0.3 is 0 Å². The Balaban J connectivity index is 2.14. The lowest BCUT2D eigenvalue weighted by Crippen LogP contribution is -2.56. The normalized spacial score (nSPS) is 17.6. The first-order chi connectivity index (χ1) is 8.59. The topological polar surface area (TPSA) is 19.4 Å². The fourth-order valence-corrected chi connectivity index (χ4v) is 2.96. The van der Waals surface area contributed by atoms with Gasteiger partial charge in [-0.2, -0.15) is 0 Å². The van der Waals surface area contributed by atoms with Gasteiger partial charge in [-0.3, -0.25) is 4.98 Å². The standard InChI is InChI=1S/C14H22ClN3/c1-17(2)14(6-4-7-14)11-18(3)13-10-16-8-5-12(13)9-15/h5,8,10H,4,6-7,9,11H2,1-3H3. The average Bonchev–Trinajstić information content (AvgIpc) is 2.33. The smallest absolute Gasteiger partial charge is 0.0595 e. The molecule has 1 saturated carbocycles. The molecule has 0 bridgehead atoms. The van der Waals surface area contributed by atoms with Crippen LogP contribution in [0.2, 0.25) is 0 Å². The molecule has 100 valence electrons. The van der Waals surface area contributed by atoms with Gasteiger partial charge in [-0.05, 0) is 45.0 Å². The zero-order valence-electron chi connectivity index (χ0n) is 11.5. The molecule has 0 N–H and O–H groups in total. The highest BCUT2D eigenvalue weighted by atomic mass is 35.5. The summed E-state index contributed by atoms with van der Waals surface area (Å²) in [6.45, 7) is 1.04. The summed E-state index contributed by atoms with van der Waals surface area (Å²) < 4.78 is 0. The van der Waals surface area contributed by atoms with E-state index in [2.05, 4.69) is 35.9 Å². The third-order valence-corrected chi connectivity index (χ3v) is 4.50. The lowest BCUT2D eigenvalue weighted by molar-refractivity contribution is 0.0683. The highest BCUT2D eigenvalue weighted by Gasteiger charge is 2.40. The molecule has 0 aliphatic heterocycles. The van der Waals surface area contributed by atoms with Crippen LogP contribution in [0.25, 0.3) is 0 Å². The molecule has 0 amide bonds. The number of rotatable bonds is 5. The Morgan fingerprint density at radius 1 is 1.33 bits per heavy atom. The second kappa shape index (κ2) is 5.45. The molecule has 0 spiro atoms. The molecule has 0 radical (unpaired) electrons. The minimum absolute atomic E-state index is 0.328. The van der Waals surface area contributed by atoms with Crippen molar-refractivity contribution in [2.24, 2.45) is 0 Å². The highest BCUT2D eigenvalue weighted by molar-refractivity contribution is 6.17. The van der Waals surface area contributed by atoms with E-state index >= 15 is 0 Å². The van der Waals surface area contributed by atoms with Gasteiger partial charge in [-0.25, -0.2) is 0 Å². The summed E-state index contributed by atoms with van der Waals surface area (Å²) in [4.78, 5) is 8.88. The molecule has 4 heteroatoms. The Labute approximate surface area is 115 Å². The van der Waals surface area contributed by atoms with Gasteiger partial charge in [-0.15, -0.1) is 11.6 Å². The van der Waals surface area contributed by atoms with E-state index in [1.807, 2.05) is 12.3 Å². The van der Waals surface area contributed by atoms with Crippen LogP contribution in [0.5, 0.6) is 0 Å². The summed E-state index contributed by atoms with van der Waals surface area (Å²) in [5.74, 6) is 0.539. The first-order valence-corrected chi connectivity index (χ1v) is 7.00. The molecule has 0 unspecified atom stereocenters. The number of nitrogens with zero attached hydrogens (tertiary/aromatic N) is 3. The third kappa shape index (κ3) is 2.47. The first-order valence-electron chi connectivity index (χ1n) is 6.46. The van der Waals surface area contributed by atoms with Gasteiger partial charge in [0.25, 0.3) is 0 Å². The molecule has 1 aliphatic rings. The van der Waals surface area contributed by atoms with E-state index in [9.17, 15) is 0 Å². The van der Waals surface area contributed by atoms with Gasteiger partial charge in [0.05, 0.1) is 11.9 Å². The zero-order valence-corrected chi connectivity index (χ0v) is 12.2. The molecule has 18 heavy (non-hydrogen) atoms. The van der Waals surface area contributed by atoms with Crippen LogP contribution in [0.1, 0.15) is 24.8 Å². The number of halogens is 1. The second-order valence-electron chi connectivity index (χ2n) is 5.47. The van der Waals surface area contributed by atoms with Crippen molar-refractivity contribution in [3.8, 4) is 0 Å². The summed E-state index contributed by atoms with van der Waals surface area (Å²) in [7, 11) is 6.49. The minimum atomic E-state index is 0.328.